The molecule has 1 heterocycles. The SMILES string of the molecule is CC(C)OCc1ccc(CNC(=O)c2cccc(N3CCCC3=O)c2)cc1. The Bertz CT molecular complexity index is 799. The molecule has 0 aromatic heterocycles. The topological polar surface area (TPSA) is 58.6 Å². The van der Waals surface area contributed by atoms with Crippen LogP contribution in [0.2, 0.25) is 0 Å². The normalized spacial score (nSPS) is 14.0. The molecule has 1 aliphatic heterocycles. The first-order valence-corrected chi connectivity index (χ1v) is 9.41. The Morgan fingerprint density at radius 1 is 1.15 bits per heavy atom. The average Bonchev–Trinajstić information content (AvgIpc) is 3.11. The van der Waals surface area contributed by atoms with Gasteiger partial charge in [-0.25, -0.2) is 0 Å². The lowest BCUT2D eigenvalue weighted by atomic mass is 10.1. The van der Waals surface area contributed by atoms with Crippen LogP contribution in [0.3, 0.4) is 0 Å². The highest BCUT2D eigenvalue weighted by molar-refractivity contribution is 5.99. The summed E-state index contributed by atoms with van der Waals surface area (Å²) in [5.74, 6) is -0.0233. The molecule has 1 fully saturated rings. The van der Waals surface area contributed by atoms with Gasteiger partial charge in [-0.15, -0.1) is 0 Å². The van der Waals surface area contributed by atoms with Gasteiger partial charge in [0, 0.05) is 30.8 Å². The molecule has 2 aromatic rings. The van der Waals surface area contributed by atoms with Gasteiger partial charge in [-0.3, -0.25) is 9.59 Å². The number of nitrogens with one attached hydrogen (secondary N) is 1. The Morgan fingerprint density at radius 3 is 2.56 bits per heavy atom. The Hall–Kier alpha value is -2.66. The van der Waals surface area contributed by atoms with Gasteiger partial charge in [0.1, 0.15) is 0 Å². The van der Waals surface area contributed by atoms with Crippen LogP contribution >= 0.6 is 0 Å². The number of benzene rings is 2. The highest BCUT2D eigenvalue weighted by Crippen LogP contribution is 2.22. The second kappa shape index (κ2) is 8.82. The molecule has 1 saturated heterocycles. The molecule has 0 radical (unpaired) electrons. The van der Waals surface area contributed by atoms with Crippen LogP contribution < -0.4 is 10.2 Å². The van der Waals surface area contributed by atoms with E-state index in [-0.39, 0.29) is 17.9 Å². The van der Waals surface area contributed by atoms with Gasteiger partial charge in [-0.2, -0.15) is 0 Å². The quantitative estimate of drug-likeness (QED) is 0.813. The van der Waals surface area contributed by atoms with E-state index in [9.17, 15) is 9.59 Å². The lowest BCUT2D eigenvalue weighted by Crippen LogP contribution is -2.25. The molecule has 142 valence electrons. The lowest BCUT2D eigenvalue weighted by molar-refractivity contribution is -0.117. The molecule has 3 rings (SSSR count). The van der Waals surface area contributed by atoms with Crippen LogP contribution in [0.1, 0.15) is 48.2 Å². The van der Waals surface area contributed by atoms with Gasteiger partial charge in [-0.05, 0) is 49.6 Å². The Kier molecular flexibility index (Phi) is 6.24. The molecule has 0 saturated carbocycles. The molecule has 0 unspecified atom stereocenters. The third-order valence-electron chi connectivity index (χ3n) is 4.55. The van der Waals surface area contributed by atoms with Gasteiger partial charge in [0.2, 0.25) is 5.91 Å². The minimum absolute atomic E-state index is 0.120. The molecule has 0 bridgehead atoms. The third kappa shape index (κ3) is 5.17. The lowest BCUT2D eigenvalue weighted by Gasteiger charge is -2.16. The van der Waals surface area contributed by atoms with Crippen LogP contribution in [0, 0.1) is 0 Å². The summed E-state index contributed by atoms with van der Waals surface area (Å²) < 4.78 is 5.59. The number of carbonyl (C=O) groups is 2. The number of carbonyl (C=O) groups excluding carboxylic acids is 2. The van der Waals surface area contributed by atoms with Crippen molar-refractivity contribution in [2.24, 2.45) is 0 Å². The number of rotatable bonds is 7. The van der Waals surface area contributed by atoms with E-state index in [1.807, 2.05) is 50.2 Å². The second-order valence-electron chi connectivity index (χ2n) is 7.06. The van der Waals surface area contributed by atoms with Gasteiger partial charge in [0.05, 0.1) is 12.7 Å². The summed E-state index contributed by atoms with van der Waals surface area (Å²) in [6, 6.07) is 15.3. The Labute approximate surface area is 160 Å². The van der Waals surface area contributed by atoms with E-state index in [1.165, 1.54) is 0 Å². The summed E-state index contributed by atoms with van der Waals surface area (Å²) in [6.45, 7) is 5.79. The van der Waals surface area contributed by atoms with E-state index in [0.29, 0.717) is 25.1 Å². The average molecular weight is 366 g/mol. The molecule has 2 amide bonds. The summed E-state index contributed by atoms with van der Waals surface area (Å²) >= 11 is 0. The van der Waals surface area contributed by atoms with Crippen molar-refractivity contribution < 1.29 is 14.3 Å². The van der Waals surface area contributed by atoms with Crippen LogP contribution in [-0.4, -0.2) is 24.5 Å². The highest BCUT2D eigenvalue weighted by Gasteiger charge is 2.22. The molecular formula is C22H26N2O3. The minimum atomic E-state index is -0.143. The fraction of sp³-hybridized carbons (Fsp3) is 0.364. The Balaban J connectivity index is 1.57. The first-order valence-electron chi connectivity index (χ1n) is 9.41. The molecule has 27 heavy (non-hydrogen) atoms. The van der Waals surface area contributed by atoms with Crippen molar-refractivity contribution in [3.63, 3.8) is 0 Å². The maximum absolute atomic E-state index is 12.5. The van der Waals surface area contributed by atoms with E-state index in [2.05, 4.69) is 5.32 Å². The number of hydrogen-bond acceptors (Lipinski definition) is 3. The third-order valence-corrected chi connectivity index (χ3v) is 4.55. The molecule has 2 aromatic carbocycles. The van der Waals surface area contributed by atoms with Crippen molar-refractivity contribution in [3.8, 4) is 0 Å². The van der Waals surface area contributed by atoms with E-state index in [4.69, 9.17) is 4.74 Å². The predicted molar refractivity (Wildman–Crippen MR) is 106 cm³/mol. The van der Waals surface area contributed by atoms with Crippen molar-refractivity contribution in [3.05, 3.63) is 65.2 Å². The van der Waals surface area contributed by atoms with Crippen LogP contribution in [-0.2, 0) is 22.7 Å². The fourth-order valence-electron chi connectivity index (χ4n) is 3.04. The first-order chi connectivity index (χ1) is 13.0. The van der Waals surface area contributed by atoms with E-state index in [0.717, 1.165) is 29.8 Å². The summed E-state index contributed by atoms with van der Waals surface area (Å²) in [5, 5.41) is 2.94. The largest absolute Gasteiger partial charge is 0.374 e. The Morgan fingerprint density at radius 2 is 1.89 bits per heavy atom. The van der Waals surface area contributed by atoms with Crippen molar-refractivity contribution in [2.45, 2.75) is 45.9 Å². The molecule has 5 heteroatoms. The summed E-state index contributed by atoms with van der Waals surface area (Å²) in [7, 11) is 0. The molecule has 5 nitrogen and oxygen atoms in total. The summed E-state index contributed by atoms with van der Waals surface area (Å²) in [6.07, 6.45) is 1.65. The van der Waals surface area contributed by atoms with Gasteiger partial charge in [0.25, 0.3) is 5.91 Å². The number of ether oxygens (including phenoxy) is 1. The van der Waals surface area contributed by atoms with Crippen molar-refractivity contribution in [1.29, 1.82) is 0 Å². The molecular weight excluding hydrogens is 340 g/mol. The van der Waals surface area contributed by atoms with Crippen molar-refractivity contribution in [1.82, 2.24) is 5.32 Å². The predicted octanol–water partition coefficient (Wildman–Crippen LogP) is 3.67. The van der Waals surface area contributed by atoms with Gasteiger partial charge in [0.15, 0.2) is 0 Å². The zero-order valence-corrected chi connectivity index (χ0v) is 15.9. The number of nitrogens with zero attached hydrogens (tertiary/aromatic N) is 1. The monoisotopic (exact) mass is 366 g/mol. The summed E-state index contributed by atoms with van der Waals surface area (Å²) in [5.41, 5.74) is 3.50. The smallest absolute Gasteiger partial charge is 0.251 e. The molecule has 1 N–H and O–H groups in total. The first kappa shape index (κ1) is 19.1. The molecule has 0 spiro atoms. The van der Waals surface area contributed by atoms with Crippen LogP contribution in [0.25, 0.3) is 0 Å². The van der Waals surface area contributed by atoms with E-state index >= 15 is 0 Å². The maximum Gasteiger partial charge on any atom is 0.251 e. The van der Waals surface area contributed by atoms with Gasteiger partial charge in [-0.1, -0.05) is 30.3 Å². The molecule has 0 aliphatic carbocycles. The van der Waals surface area contributed by atoms with Crippen molar-refractivity contribution >= 4 is 17.5 Å². The zero-order chi connectivity index (χ0) is 19.2. The van der Waals surface area contributed by atoms with Gasteiger partial charge < -0.3 is 15.0 Å². The zero-order valence-electron chi connectivity index (χ0n) is 15.9. The number of hydrogen-bond donors (Lipinski definition) is 1. The standard InChI is InChI=1S/C22H26N2O3/c1-16(2)27-15-18-10-8-17(9-11-18)14-23-22(26)19-5-3-6-20(13-19)24-12-4-7-21(24)25/h3,5-6,8-11,13,16H,4,7,12,14-15H2,1-2H3,(H,23,26). The van der Waals surface area contributed by atoms with Gasteiger partial charge >= 0.3 is 0 Å². The fourth-order valence-corrected chi connectivity index (χ4v) is 3.04. The van der Waals surface area contributed by atoms with Crippen LogP contribution in [0.5, 0.6) is 0 Å². The van der Waals surface area contributed by atoms with Crippen LogP contribution in [0.4, 0.5) is 5.69 Å². The molecule has 0 atom stereocenters. The number of amides is 2. The van der Waals surface area contributed by atoms with Crippen LogP contribution in [0.15, 0.2) is 48.5 Å². The van der Waals surface area contributed by atoms with Crippen molar-refractivity contribution in [2.75, 3.05) is 11.4 Å². The highest BCUT2D eigenvalue weighted by atomic mass is 16.5. The second-order valence-corrected chi connectivity index (χ2v) is 7.06. The number of anilines is 1. The maximum atomic E-state index is 12.5. The van der Waals surface area contributed by atoms with E-state index in [1.54, 1.807) is 17.0 Å². The summed E-state index contributed by atoms with van der Waals surface area (Å²) in [4.78, 5) is 26.1. The van der Waals surface area contributed by atoms with E-state index < -0.39 is 0 Å². The molecule has 1 aliphatic rings. The minimum Gasteiger partial charge on any atom is -0.374 e.